The van der Waals surface area contributed by atoms with Gasteiger partial charge >= 0.3 is 12.4 Å². The quantitative estimate of drug-likeness (QED) is 0.0607. The second-order valence-corrected chi connectivity index (χ2v) is 17.8. The number of pyridine rings is 6. The van der Waals surface area contributed by atoms with E-state index in [4.69, 9.17) is 0 Å². The summed E-state index contributed by atoms with van der Waals surface area (Å²) in [7, 11) is 0. The van der Waals surface area contributed by atoms with Crippen LogP contribution in [0.3, 0.4) is 0 Å². The lowest BCUT2D eigenvalue weighted by molar-refractivity contribution is -0.138. The number of aromatic nitrogens is 6. The Hall–Kier alpha value is -9.91. The third kappa shape index (κ3) is 11.3. The van der Waals surface area contributed by atoms with E-state index in [1.807, 2.05) is 42.5 Å². The highest BCUT2D eigenvalue weighted by molar-refractivity contribution is 6.07. The summed E-state index contributed by atoms with van der Waals surface area (Å²) in [5, 5.41) is 15.7. The lowest BCUT2D eigenvalue weighted by Gasteiger charge is -2.14. The molecule has 12 rings (SSSR count). The Bertz CT molecular complexity index is 4390. The fourth-order valence-electron chi connectivity index (χ4n) is 8.97. The molecule has 0 spiro atoms. The molecule has 0 aliphatic rings. The number of H-pyrrole nitrogens is 3. The van der Waals surface area contributed by atoms with Gasteiger partial charge in [-0.3, -0.25) is 14.4 Å². The lowest BCUT2D eigenvalue weighted by Crippen LogP contribution is -2.12. The van der Waals surface area contributed by atoms with E-state index < -0.39 is 23.5 Å². The van der Waals surface area contributed by atoms with Crippen molar-refractivity contribution in [1.82, 2.24) is 29.9 Å². The summed E-state index contributed by atoms with van der Waals surface area (Å²) < 4.78 is 91.6. The van der Waals surface area contributed by atoms with Crippen molar-refractivity contribution in [2.45, 2.75) is 32.0 Å². The molecule has 0 amide bonds. The van der Waals surface area contributed by atoms with Gasteiger partial charge in [-0.25, -0.2) is 19.3 Å². The number of halogens is 7. The number of nitrogens with one attached hydrogen (secondary N) is 6. The SMILES string of the molecule is O=c1[nH]c2ncccc2c2cc(NCc3cccc(C(F)(F)F)c3)ccc12.O=c1[nH]c2ncccc2c2cc(NCc3ccccc3C(F)(F)F)ccc12.O=c1[nH]c2ncccc2c2cc(NCc3ccccc3F)ccc12. The fourth-order valence-corrected chi connectivity index (χ4v) is 8.97. The first-order valence-electron chi connectivity index (χ1n) is 24.1. The molecule has 0 fully saturated rings. The molecular weight excluding hydrogens is 1020 g/mol. The summed E-state index contributed by atoms with van der Waals surface area (Å²) >= 11 is 0. The number of fused-ring (bicyclic) bond motifs is 9. The van der Waals surface area contributed by atoms with Gasteiger partial charge in [0.05, 0.1) is 11.1 Å². The summed E-state index contributed by atoms with van der Waals surface area (Å²) in [4.78, 5) is 57.3. The van der Waals surface area contributed by atoms with Gasteiger partial charge in [0.1, 0.15) is 22.8 Å². The maximum atomic E-state index is 13.7. The molecule has 19 heteroatoms. The van der Waals surface area contributed by atoms with Gasteiger partial charge in [-0.05, 0) is 126 Å². The first-order chi connectivity index (χ1) is 37.6. The summed E-state index contributed by atoms with van der Waals surface area (Å²) in [6.45, 7) is 0.618. The predicted molar refractivity (Wildman–Crippen MR) is 291 cm³/mol. The number of rotatable bonds is 9. The van der Waals surface area contributed by atoms with E-state index in [1.54, 1.807) is 97.5 Å². The predicted octanol–water partition coefficient (Wildman–Crippen LogP) is 13.2. The van der Waals surface area contributed by atoms with Crippen LogP contribution in [0.15, 0.2) is 197 Å². The van der Waals surface area contributed by atoms with Gasteiger partial charge in [-0.2, -0.15) is 26.3 Å². The van der Waals surface area contributed by atoms with Gasteiger partial charge in [0.15, 0.2) is 0 Å². The number of hydrogen-bond donors (Lipinski definition) is 6. The van der Waals surface area contributed by atoms with E-state index in [0.29, 0.717) is 67.5 Å². The Kier molecular flexibility index (Phi) is 14.4. The van der Waals surface area contributed by atoms with Crippen molar-refractivity contribution in [3.8, 4) is 0 Å². The Labute approximate surface area is 436 Å². The zero-order chi connectivity index (χ0) is 54.6. The number of anilines is 3. The number of nitrogens with zero attached hydrogens (tertiary/aromatic N) is 3. The molecule has 0 saturated heterocycles. The highest BCUT2D eigenvalue weighted by atomic mass is 19.4. The van der Waals surface area contributed by atoms with Gasteiger partial charge in [-0.15, -0.1) is 0 Å². The maximum Gasteiger partial charge on any atom is 0.416 e. The minimum atomic E-state index is -4.41. The van der Waals surface area contributed by atoms with Crippen LogP contribution in [0, 0.1) is 5.82 Å². The van der Waals surface area contributed by atoms with Crippen molar-refractivity contribution >= 4 is 82.5 Å². The number of hydrogen-bond acceptors (Lipinski definition) is 9. The molecular formula is C59H42F7N9O3. The standard InChI is InChI=1S/2C20H14F3N3O.C19H14FN3O/c21-20(22,23)13-4-1-3-12(9-13)11-25-14-6-7-16-17(10-14)15-5-2-8-24-18(15)26-19(16)27;21-20(22,23)17-6-2-1-4-12(17)11-25-13-7-8-15-16(10-13)14-5-3-9-24-18(14)26-19(15)27;20-17-6-2-1-4-12(17)11-22-13-7-8-15-16(10-13)14-5-3-9-21-18(14)23-19(15)24/h2*1-10,25H,11H2,(H,24,26,27);1-10,22H,11H2,(H,21,23,24). The zero-order valence-corrected chi connectivity index (χ0v) is 40.7. The monoisotopic (exact) mass is 1060 g/mol. The van der Waals surface area contributed by atoms with E-state index in [9.17, 15) is 45.1 Å². The highest BCUT2D eigenvalue weighted by Crippen LogP contribution is 2.33. The number of aromatic amines is 3. The summed E-state index contributed by atoms with van der Waals surface area (Å²) in [5.41, 5.74) is 2.92. The van der Waals surface area contributed by atoms with Crippen LogP contribution in [0.25, 0.3) is 65.4 Å². The molecule has 390 valence electrons. The van der Waals surface area contributed by atoms with Crippen LogP contribution < -0.4 is 32.6 Å². The van der Waals surface area contributed by atoms with Gasteiger partial charge < -0.3 is 30.9 Å². The van der Waals surface area contributed by atoms with Gasteiger partial charge in [-0.1, -0.05) is 48.5 Å². The van der Waals surface area contributed by atoms with Gasteiger partial charge in [0, 0.05) is 109 Å². The van der Waals surface area contributed by atoms with Crippen molar-refractivity contribution < 1.29 is 30.7 Å². The second-order valence-electron chi connectivity index (χ2n) is 17.8. The van der Waals surface area contributed by atoms with Crippen molar-refractivity contribution in [3.05, 3.63) is 247 Å². The molecule has 0 saturated carbocycles. The van der Waals surface area contributed by atoms with Crippen molar-refractivity contribution in [2.24, 2.45) is 0 Å². The third-order valence-corrected chi connectivity index (χ3v) is 12.8. The lowest BCUT2D eigenvalue weighted by atomic mass is 10.1. The smallest absolute Gasteiger partial charge is 0.381 e. The van der Waals surface area contributed by atoms with E-state index in [1.165, 1.54) is 24.3 Å². The van der Waals surface area contributed by atoms with Crippen LogP contribution in [0.4, 0.5) is 47.8 Å². The zero-order valence-electron chi connectivity index (χ0n) is 40.7. The molecule has 0 unspecified atom stereocenters. The molecule has 0 aliphatic carbocycles. The first-order valence-corrected chi connectivity index (χ1v) is 24.1. The Balaban J connectivity index is 0.000000133. The number of benzene rings is 6. The van der Waals surface area contributed by atoms with E-state index >= 15 is 0 Å². The molecule has 0 bridgehead atoms. The van der Waals surface area contributed by atoms with Crippen LogP contribution in [-0.4, -0.2) is 29.9 Å². The Morgan fingerprint density at radius 2 is 0.808 bits per heavy atom. The average molecular weight is 1060 g/mol. The largest absolute Gasteiger partial charge is 0.416 e. The van der Waals surface area contributed by atoms with Crippen molar-refractivity contribution in [1.29, 1.82) is 0 Å². The molecule has 12 aromatic rings. The second kappa shape index (κ2) is 21.7. The van der Waals surface area contributed by atoms with Crippen molar-refractivity contribution in [3.63, 3.8) is 0 Å². The highest BCUT2D eigenvalue weighted by Gasteiger charge is 2.33. The topological polar surface area (TPSA) is 173 Å². The molecule has 12 nitrogen and oxygen atoms in total. The molecule has 0 radical (unpaired) electrons. The van der Waals surface area contributed by atoms with Crippen LogP contribution in [0.1, 0.15) is 27.8 Å². The van der Waals surface area contributed by atoms with E-state index in [0.717, 1.165) is 50.8 Å². The van der Waals surface area contributed by atoms with Crippen LogP contribution >= 0.6 is 0 Å². The van der Waals surface area contributed by atoms with Crippen molar-refractivity contribution in [2.75, 3.05) is 16.0 Å². The molecule has 78 heavy (non-hydrogen) atoms. The molecule has 0 aliphatic heterocycles. The summed E-state index contributed by atoms with van der Waals surface area (Å²) in [6, 6.07) is 44.1. The molecule has 0 atom stereocenters. The molecule has 6 aromatic carbocycles. The van der Waals surface area contributed by atoms with Crippen LogP contribution in [0.5, 0.6) is 0 Å². The summed E-state index contributed by atoms with van der Waals surface area (Å²) in [6.07, 6.45) is -3.95. The average Bonchev–Trinajstić information content (AvgIpc) is 3.54. The molecule has 6 N–H and O–H groups in total. The minimum absolute atomic E-state index is 0.0144. The minimum Gasteiger partial charge on any atom is -0.381 e. The fraction of sp³-hybridized carbons (Fsp3) is 0.0847. The van der Waals surface area contributed by atoms with Gasteiger partial charge in [0.25, 0.3) is 16.7 Å². The molecule has 6 aromatic heterocycles. The first kappa shape index (κ1) is 51.6. The normalized spacial score (nSPS) is 11.6. The Morgan fingerprint density at radius 3 is 1.26 bits per heavy atom. The maximum absolute atomic E-state index is 13.7. The van der Waals surface area contributed by atoms with Gasteiger partial charge in [0.2, 0.25) is 0 Å². The molecule has 6 heterocycles. The van der Waals surface area contributed by atoms with Crippen LogP contribution in [0.2, 0.25) is 0 Å². The van der Waals surface area contributed by atoms with Crippen LogP contribution in [-0.2, 0) is 32.0 Å². The number of alkyl halides is 6. The van der Waals surface area contributed by atoms with E-state index in [2.05, 4.69) is 45.9 Å². The Morgan fingerprint density at radius 1 is 0.385 bits per heavy atom. The summed E-state index contributed by atoms with van der Waals surface area (Å²) in [5.74, 6) is -0.239. The van der Waals surface area contributed by atoms with E-state index in [-0.39, 0.29) is 41.1 Å². The third-order valence-electron chi connectivity index (χ3n) is 12.8.